The van der Waals surface area contributed by atoms with Gasteiger partial charge in [0.1, 0.15) is 12.1 Å². The molecule has 0 bridgehead atoms. The molecule has 0 amide bonds. The molecule has 0 aliphatic rings. The summed E-state index contributed by atoms with van der Waals surface area (Å²) in [5.74, 6) is -0.287. The van der Waals surface area contributed by atoms with Gasteiger partial charge in [0.25, 0.3) is 0 Å². The first-order valence-electron chi connectivity index (χ1n) is 11.0. The summed E-state index contributed by atoms with van der Waals surface area (Å²) in [7, 11) is 0. The minimum atomic E-state index is -4.74. The molecule has 0 radical (unpaired) electrons. The van der Waals surface area contributed by atoms with Gasteiger partial charge in [-0.1, -0.05) is 41.4 Å². The standard InChI is InChI=1S/C26H16Cl2F3N5OS/c27-17-3-9-21(28)22(12-17)34-25(38)35-33-13-15-1-8-20-16(11-15)2-10-23-24(20)32-14-36(23)18-4-6-19(7-5-18)37-26(29,30)31/h1-14H,(H2,34,35,38)/b33-13+. The topological polar surface area (TPSA) is 63.5 Å². The Kier molecular flexibility index (Phi) is 7.11. The smallest absolute Gasteiger partial charge is 0.406 e. The average Bonchev–Trinajstić information content (AvgIpc) is 3.30. The summed E-state index contributed by atoms with van der Waals surface area (Å²) in [5.41, 5.74) is 6.34. The van der Waals surface area contributed by atoms with Gasteiger partial charge >= 0.3 is 6.36 Å². The molecule has 12 heteroatoms. The highest BCUT2D eigenvalue weighted by Gasteiger charge is 2.31. The number of halogens is 5. The molecule has 1 aromatic heterocycles. The molecule has 4 aromatic carbocycles. The first-order chi connectivity index (χ1) is 18.2. The van der Waals surface area contributed by atoms with Gasteiger partial charge in [0.05, 0.1) is 28.0 Å². The highest BCUT2D eigenvalue weighted by atomic mass is 35.5. The van der Waals surface area contributed by atoms with Crippen molar-refractivity contribution in [1.29, 1.82) is 0 Å². The fourth-order valence-corrected chi connectivity index (χ4v) is 4.33. The monoisotopic (exact) mass is 573 g/mol. The van der Waals surface area contributed by atoms with E-state index >= 15 is 0 Å². The minimum Gasteiger partial charge on any atom is -0.406 e. The van der Waals surface area contributed by atoms with E-state index in [4.69, 9.17) is 35.4 Å². The van der Waals surface area contributed by atoms with Crippen molar-refractivity contribution in [2.24, 2.45) is 5.10 Å². The van der Waals surface area contributed by atoms with Gasteiger partial charge in [-0.05, 0) is 77.8 Å². The molecule has 0 saturated heterocycles. The van der Waals surface area contributed by atoms with Crippen LogP contribution in [0.4, 0.5) is 18.9 Å². The molecule has 0 unspecified atom stereocenters. The van der Waals surface area contributed by atoms with E-state index < -0.39 is 6.36 Å². The Hall–Kier alpha value is -3.86. The number of alkyl halides is 3. The Morgan fingerprint density at radius 2 is 1.79 bits per heavy atom. The number of aromatic nitrogens is 2. The Bertz CT molecular complexity index is 1690. The van der Waals surface area contributed by atoms with Gasteiger partial charge in [-0.15, -0.1) is 13.2 Å². The average molecular weight is 574 g/mol. The van der Waals surface area contributed by atoms with Gasteiger partial charge in [0.15, 0.2) is 5.11 Å². The van der Waals surface area contributed by atoms with Crippen molar-refractivity contribution in [3.63, 3.8) is 0 Å². The first kappa shape index (κ1) is 25.8. The zero-order valence-electron chi connectivity index (χ0n) is 19.1. The fraction of sp³-hybridized carbons (Fsp3) is 0.0385. The predicted molar refractivity (Wildman–Crippen MR) is 149 cm³/mol. The van der Waals surface area contributed by atoms with Crippen LogP contribution >= 0.6 is 35.4 Å². The van der Waals surface area contributed by atoms with Crippen molar-refractivity contribution >= 4 is 74.2 Å². The largest absolute Gasteiger partial charge is 0.573 e. The number of hydrogen-bond acceptors (Lipinski definition) is 4. The van der Waals surface area contributed by atoms with Gasteiger partial charge in [0.2, 0.25) is 0 Å². The zero-order chi connectivity index (χ0) is 26.9. The maximum Gasteiger partial charge on any atom is 0.573 e. The van der Waals surface area contributed by atoms with Crippen molar-refractivity contribution in [3.8, 4) is 11.4 Å². The number of ether oxygens (including phenoxy) is 1. The zero-order valence-corrected chi connectivity index (χ0v) is 21.5. The van der Waals surface area contributed by atoms with Crippen molar-refractivity contribution < 1.29 is 17.9 Å². The van der Waals surface area contributed by atoms with Gasteiger partial charge in [0, 0.05) is 16.1 Å². The molecule has 0 spiro atoms. The number of imidazole rings is 1. The second kappa shape index (κ2) is 10.5. The molecule has 0 saturated carbocycles. The van der Waals surface area contributed by atoms with Crippen molar-refractivity contribution in [2.75, 3.05) is 5.32 Å². The highest BCUT2D eigenvalue weighted by Crippen LogP contribution is 2.29. The second-order valence-electron chi connectivity index (χ2n) is 8.02. The lowest BCUT2D eigenvalue weighted by Crippen LogP contribution is -2.24. The number of rotatable bonds is 5. The molecule has 0 aliphatic carbocycles. The summed E-state index contributed by atoms with van der Waals surface area (Å²) >= 11 is 17.4. The number of fused-ring (bicyclic) bond motifs is 3. The maximum atomic E-state index is 12.4. The van der Waals surface area contributed by atoms with E-state index in [0.717, 1.165) is 27.4 Å². The van der Waals surface area contributed by atoms with E-state index in [9.17, 15) is 13.2 Å². The fourth-order valence-electron chi connectivity index (χ4n) is 3.83. The lowest BCUT2D eigenvalue weighted by molar-refractivity contribution is -0.274. The molecule has 6 nitrogen and oxygen atoms in total. The number of nitrogens with zero attached hydrogens (tertiary/aromatic N) is 3. The third-order valence-corrected chi connectivity index (χ3v) is 6.22. The van der Waals surface area contributed by atoms with Crippen LogP contribution < -0.4 is 15.5 Å². The molecule has 5 aromatic rings. The van der Waals surface area contributed by atoms with E-state index in [0.29, 0.717) is 21.4 Å². The lowest BCUT2D eigenvalue weighted by Gasteiger charge is -2.10. The Labute approximate surface area is 229 Å². The summed E-state index contributed by atoms with van der Waals surface area (Å²) in [5, 5.41) is 10.2. The van der Waals surface area contributed by atoms with Crippen LogP contribution in [0.5, 0.6) is 5.75 Å². The SMILES string of the molecule is FC(F)(F)Oc1ccc(-n2cnc3c4ccc(/C=N/NC(=S)Nc5cc(Cl)ccc5Cl)cc4ccc32)cc1. The maximum absolute atomic E-state index is 12.4. The number of benzene rings is 4. The summed E-state index contributed by atoms with van der Waals surface area (Å²) in [6, 6.07) is 20.2. The third kappa shape index (κ3) is 5.83. The summed E-state index contributed by atoms with van der Waals surface area (Å²) in [6.45, 7) is 0. The number of hydrogen-bond donors (Lipinski definition) is 2. The Morgan fingerprint density at radius 3 is 2.55 bits per heavy atom. The molecule has 0 atom stereocenters. The summed E-state index contributed by atoms with van der Waals surface area (Å²) in [6.07, 6.45) is -1.49. The highest BCUT2D eigenvalue weighted by molar-refractivity contribution is 7.80. The van der Waals surface area contributed by atoms with Gasteiger partial charge < -0.3 is 10.1 Å². The Balaban J connectivity index is 1.32. The quantitative estimate of drug-likeness (QED) is 0.128. The summed E-state index contributed by atoms with van der Waals surface area (Å²) in [4.78, 5) is 4.53. The van der Waals surface area contributed by atoms with E-state index in [1.165, 1.54) is 12.1 Å². The number of thiocarbonyl (C=S) groups is 1. The van der Waals surface area contributed by atoms with Gasteiger partial charge in [-0.25, -0.2) is 4.98 Å². The third-order valence-electron chi connectivity index (χ3n) is 5.46. The number of hydrazone groups is 1. The van der Waals surface area contributed by atoms with Crippen molar-refractivity contribution in [2.45, 2.75) is 6.36 Å². The van der Waals surface area contributed by atoms with Gasteiger partial charge in [-0.3, -0.25) is 9.99 Å². The first-order valence-corrected chi connectivity index (χ1v) is 12.1. The Morgan fingerprint density at radius 1 is 1.00 bits per heavy atom. The molecular formula is C26H16Cl2F3N5OS. The van der Waals surface area contributed by atoms with Crippen LogP contribution in [-0.2, 0) is 0 Å². The molecular weight excluding hydrogens is 558 g/mol. The van der Waals surface area contributed by atoms with Crippen LogP contribution in [-0.4, -0.2) is 27.2 Å². The molecule has 38 heavy (non-hydrogen) atoms. The minimum absolute atomic E-state index is 0.247. The van der Waals surface area contributed by atoms with Gasteiger partial charge in [-0.2, -0.15) is 5.10 Å². The molecule has 5 rings (SSSR count). The van der Waals surface area contributed by atoms with E-state index in [1.54, 1.807) is 47.4 Å². The number of nitrogens with one attached hydrogen (secondary N) is 2. The number of anilines is 1. The van der Waals surface area contributed by atoms with Crippen LogP contribution in [0.1, 0.15) is 5.56 Å². The molecule has 0 fully saturated rings. The molecule has 1 heterocycles. The van der Waals surface area contributed by atoms with Crippen molar-refractivity contribution in [1.82, 2.24) is 15.0 Å². The molecule has 0 aliphatic heterocycles. The molecule has 192 valence electrons. The summed E-state index contributed by atoms with van der Waals surface area (Å²) < 4.78 is 43.1. The van der Waals surface area contributed by atoms with Crippen LogP contribution in [0, 0.1) is 0 Å². The van der Waals surface area contributed by atoms with E-state index in [-0.39, 0.29) is 10.9 Å². The normalized spacial score (nSPS) is 11.8. The molecule has 2 N–H and O–H groups in total. The second-order valence-corrected chi connectivity index (χ2v) is 9.27. The van der Waals surface area contributed by atoms with Crippen LogP contribution in [0.3, 0.4) is 0 Å². The van der Waals surface area contributed by atoms with Crippen LogP contribution in [0.2, 0.25) is 10.0 Å². The van der Waals surface area contributed by atoms with Crippen LogP contribution in [0.15, 0.2) is 84.2 Å². The van der Waals surface area contributed by atoms with E-state index in [2.05, 4.69) is 25.6 Å². The van der Waals surface area contributed by atoms with Crippen LogP contribution in [0.25, 0.3) is 27.5 Å². The van der Waals surface area contributed by atoms with E-state index in [1.807, 2.05) is 30.3 Å². The van der Waals surface area contributed by atoms with Crippen molar-refractivity contribution in [3.05, 3.63) is 94.7 Å². The lowest BCUT2D eigenvalue weighted by atomic mass is 10.1. The predicted octanol–water partition coefficient (Wildman–Crippen LogP) is 7.70.